The molecule has 0 unspecified atom stereocenters. The topological polar surface area (TPSA) is 17.1 Å². The molecule has 26 valence electrons. The summed E-state index contributed by atoms with van der Waals surface area (Å²) in [6, 6.07) is 0. The van der Waals surface area contributed by atoms with Crippen LogP contribution in [0.15, 0.2) is 0 Å². The van der Waals surface area contributed by atoms with E-state index in [4.69, 9.17) is 4.79 Å². The summed E-state index contributed by atoms with van der Waals surface area (Å²) in [4.78, 5) is 8.81. The normalized spacial score (nSPS) is 3.25. The van der Waals surface area contributed by atoms with Crippen molar-refractivity contribution in [3.05, 3.63) is 0 Å². The van der Waals surface area contributed by atoms with Crippen molar-refractivity contribution in [2.45, 2.75) is 6.92 Å². The third-order valence-corrected chi connectivity index (χ3v) is 0. The summed E-state index contributed by atoms with van der Waals surface area (Å²) in [7, 11) is 0. The summed E-state index contributed by atoms with van der Waals surface area (Å²) in [5.41, 5.74) is 0. The Morgan fingerprint density at radius 1 is 1.75 bits per heavy atom. The van der Waals surface area contributed by atoms with E-state index in [1.165, 1.54) is 6.92 Å². The van der Waals surface area contributed by atoms with E-state index in [1.54, 1.807) is 0 Å². The number of carbonyl (C=O) groups excluding carboxylic acids is 1. The van der Waals surface area contributed by atoms with E-state index in [0.717, 1.165) is 6.29 Å². The van der Waals surface area contributed by atoms with E-state index >= 15 is 0 Å². The standard InChI is InChI=1S/C2H4O.H4Si/c1-2-3;/h2H,1H3;1H4. The van der Waals surface area contributed by atoms with Crippen molar-refractivity contribution in [3.63, 3.8) is 0 Å². The lowest BCUT2D eigenvalue weighted by Gasteiger charge is -1.23. The molecule has 0 bridgehead atoms. The molecule has 0 N–H and O–H groups in total. The molecular formula is C2H8OSi. The van der Waals surface area contributed by atoms with Crippen LogP contribution in [0.5, 0.6) is 0 Å². The van der Waals surface area contributed by atoms with E-state index < -0.39 is 0 Å². The van der Waals surface area contributed by atoms with Crippen LogP contribution in [0.1, 0.15) is 6.92 Å². The van der Waals surface area contributed by atoms with Gasteiger partial charge in [-0.3, -0.25) is 0 Å². The Hall–Kier alpha value is -0.113. The van der Waals surface area contributed by atoms with Crippen molar-refractivity contribution in [1.29, 1.82) is 0 Å². The van der Waals surface area contributed by atoms with Crippen molar-refractivity contribution < 1.29 is 4.79 Å². The highest BCUT2D eigenvalue weighted by Gasteiger charge is 1.24. The molecule has 0 radical (unpaired) electrons. The Morgan fingerprint density at radius 2 is 1.75 bits per heavy atom. The van der Waals surface area contributed by atoms with E-state index in [1.807, 2.05) is 0 Å². The zero-order valence-corrected chi connectivity index (χ0v) is 1.99. The first-order valence-corrected chi connectivity index (χ1v) is 0.813. The van der Waals surface area contributed by atoms with Crippen LogP contribution in [0.2, 0.25) is 0 Å². The van der Waals surface area contributed by atoms with Gasteiger partial charge in [0.05, 0.1) is 0 Å². The Balaban J connectivity index is 0. The largest absolute Gasteiger partial charge is 0.304 e. The Labute approximate surface area is 30.0 Å². The molecule has 0 heterocycles. The van der Waals surface area contributed by atoms with Gasteiger partial charge in [0.25, 0.3) is 0 Å². The lowest BCUT2D eigenvalue weighted by atomic mass is 11.0. The van der Waals surface area contributed by atoms with Gasteiger partial charge in [-0.15, -0.1) is 0 Å². The average Bonchev–Trinajstić information content (AvgIpc) is 0.918. The van der Waals surface area contributed by atoms with Gasteiger partial charge in [-0.05, 0) is 17.9 Å². The van der Waals surface area contributed by atoms with Crippen LogP contribution in [0, 0.1) is 0 Å². The van der Waals surface area contributed by atoms with Crippen molar-refractivity contribution in [1.82, 2.24) is 0 Å². The van der Waals surface area contributed by atoms with Crippen LogP contribution in [0.4, 0.5) is 0 Å². The molecule has 0 fully saturated rings. The number of hydrogen-bond donors (Lipinski definition) is 0. The van der Waals surface area contributed by atoms with Crippen LogP contribution in [-0.2, 0) is 4.79 Å². The SMILES string of the molecule is CC=O.[SiH4]. The van der Waals surface area contributed by atoms with Crippen molar-refractivity contribution >= 4 is 17.3 Å². The van der Waals surface area contributed by atoms with Gasteiger partial charge in [0, 0.05) is 0 Å². The lowest BCUT2D eigenvalue weighted by molar-refractivity contribution is -0.106. The molecule has 4 heavy (non-hydrogen) atoms. The van der Waals surface area contributed by atoms with E-state index in [0.29, 0.717) is 0 Å². The Bertz CT molecular complexity index is 13.5. The molecule has 0 spiro atoms. The second kappa shape index (κ2) is 13.1. The van der Waals surface area contributed by atoms with Gasteiger partial charge < -0.3 is 4.79 Å². The maximum atomic E-state index is 8.81. The second-order valence-electron chi connectivity index (χ2n) is 0.236. The first-order chi connectivity index (χ1) is 1.41. The zero-order valence-electron chi connectivity index (χ0n) is 1.99. The summed E-state index contributed by atoms with van der Waals surface area (Å²) in [6.07, 6.45) is 0.750. The molecule has 2 heteroatoms. The van der Waals surface area contributed by atoms with Crippen molar-refractivity contribution in [3.8, 4) is 0 Å². The average molecular weight is 76.2 g/mol. The van der Waals surface area contributed by atoms with Crippen molar-refractivity contribution in [2.75, 3.05) is 0 Å². The maximum absolute atomic E-state index is 8.81. The number of hydrogen-bond acceptors (Lipinski definition) is 1. The van der Waals surface area contributed by atoms with Gasteiger partial charge in [-0.25, -0.2) is 0 Å². The zero-order chi connectivity index (χ0) is 2.71. The molecule has 0 aliphatic heterocycles. The van der Waals surface area contributed by atoms with Gasteiger partial charge >= 0.3 is 0 Å². The minimum Gasteiger partial charge on any atom is -0.304 e. The maximum Gasteiger partial charge on any atom is 0.116 e. The summed E-state index contributed by atoms with van der Waals surface area (Å²) in [5, 5.41) is 0. The number of aldehydes is 1. The molecule has 1 nitrogen and oxygen atoms in total. The van der Waals surface area contributed by atoms with E-state index in [2.05, 4.69) is 0 Å². The molecule has 0 saturated carbocycles. The Morgan fingerprint density at radius 3 is 1.75 bits per heavy atom. The predicted octanol–water partition coefficient (Wildman–Crippen LogP) is -1.25. The molecule has 0 aromatic heterocycles. The second-order valence-corrected chi connectivity index (χ2v) is 0.236. The number of rotatable bonds is 0. The first kappa shape index (κ1) is 9.10. The van der Waals surface area contributed by atoms with Crippen molar-refractivity contribution in [2.24, 2.45) is 0 Å². The fourth-order valence-electron chi connectivity index (χ4n) is 0. The summed E-state index contributed by atoms with van der Waals surface area (Å²) in [5.74, 6) is 0. The van der Waals surface area contributed by atoms with Gasteiger partial charge in [0.15, 0.2) is 0 Å². The molecule has 0 aromatic rings. The van der Waals surface area contributed by atoms with Crippen LogP contribution >= 0.6 is 0 Å². The summed E-state index contributed by atoms with van der Waals surface area (Å²) in [6.45, 7) is 1.44. The molecule has 0 saturated heterocycles. The minimum absolute atomic E-state index is 0. The molecular weight excluding hydrogens is 68.1 g/mol. The predicted molar refractivity (Wildman–Crippen MR) is 23.1 cm³/mol. The molecule has 0 aliphatic carbocycles. The number of carbonyl (C=O) groups is 1. The van der Waals surface area contributed by atoms with E-state index in [9.17, 15) is 0 Å². The van der Waals surface area contributed by atoms with E-state index in [-0.39, 0.29) is 11.0 Å². The molecule has 0 aliphatic rings. The third-order valence-electron chi connectivity index (χ3n) is 0. The first-order valence-electron chi connectivity index (χ1n) is 0.813. The highest BCUT2D eigenvalue weighted by atomic mass is 28.1. The summed E-state index contributed by atoms with van der Waals surface area (Å²) >= 11 is 0. The Kier molecular flexibility index (Phi) is 29.7. The molecule has 0 atom stereocenters. The molecule has 0 aromatic carbocycles. The van der Waals surface area contributed by atoms with Crippen LogP contribution in [-0.4, -0.2) is 17.3 Å². The van der Waals surface area contributed by atoms with Crippen LogP contribution in [0.3, 0.4) is 0 Å². The highest BCUT2D eigenvalue weighted by molar-refractivity contribution is 5.75. The quantitative estimate of drug-likeness (QED) is 0.260. The van der Waals surface area contributed by atoms with Crippen LogP contribution in [0.25, 0.3) is 0 Å². The fourth-order valence-corrected chi connectivity index (χ4v) is 0. The third kappa shape index (κ3) is 116. The highest BCUT2D eigenvalue weighted by Crippen LogP contribution is 1.13. The molecule has 0 amide bonds. The molecule has 0 rings (SSSR count). The minimum atomic E-state index is 0. The summed E-state index contributed by atoms with van der Waals surface area (Å²) < 4.78 is 0. The lowest BCUT2D eigenvalue weighted by Crippen LogP contribution is -1.36. The van der Waals surface area contributed by atoms with Gasteiger partial charge in [0.1, 0.15) is 6.29 Å². The van der Waals surface area contributed by atoms with Gasteiger partial charge in [-0.2, -0.15) is 0 Å². The fraction of sp³-hybridized carbons (Fsp3) is 0.500. The monoisotopic (exact) mass is 76.0 g/mol. The smallest absolute Gasteiger partial charge is 0.116 e. The van der Waals surface area contributed by atoms with Crippen LogP contribution < -0.4 is 0 Å². The van der Waals surface area contributed by atoms with Gasteiger partial charge in [0.2, 0.25) is 0 Å². The van der Waals surface area contributed by atoms with Gasteiger partial charge in [-0.1, -0.05) is 0 Å².